The number of amides is 1. The van der Waals surface area contributed by atoms with E-state index in [0.29, 0.717) is 5.56 Å². The Bertz CT molecular complexity index is 378. The van der Waals surface area contributed by atoms with E-state index in [1.54, 1.807) is 12.4 Å². The van der Waals surface area contributed by atoms with E-state index in [9.17, 15) is 4.79 Å². The van der Waals surface area contributed by atoms with Crippen molar-refractivity contribution in [2.24, 2.45) is 5.73 Å². The average Bonchev–Trinajstić information content (AvgIpc) is 2.23. The van der Waals surface area contributed by atoms with Crippen molar-refractivity contribution in [3.05, 3.63) is 29.6 Å². The topological polar surface area (TPSA) is 68.0 Å². The van der Waals surface area contributed by atoms with Gasteiger partial charge in [-0.2, -0.15) is 0 Å². The summed E-state index contributed by atoms with van der Waals surface area (Å²) in [5.74, 6) is -0.0775. The van der Waals surface area contributed by atoms with Gasteiger partial charge >= 0.3 is 0 Å². The molecule has 0 aromatic carbocycles. The zero-order chi connectivity index (χ0) is 10.8. The van der Waals surface area contributed by atoms with Gasteiger partial charge in [-0.1, -0.05) is 0 Å². The van der Waals surface area contributed by atoms with Gasteiger partial charge in [0.25, 0.3) is 5.91 Å². The van der Waals surface area contributed by atoms with Crippen LogP contribution in [0.5, 0.6) is 0 Å². The first kappa shape index (κ1) is 10.1. The van der Waals surface area contributed by atoms with Crippen molar-refractivity contribution in [2.75, 3.05) is 0 Å². The number of aromatic nitrogens is 1. The monoisotopic (exact) mass is 205 g/mol. The zero-order valence-electron chi connectivity index (χ0n) is 8.73. The maximum Gasteiger partial charge on any atom is 0.253 e. The Labute approximate surface area is 88.9 Å². The normalized spacial score (nSPS) is 24.4. The van der Waals surface area contributed by atoms with E-state index in [-0.39, 0.29) is 18.0 Å². The van der Waals surface area contributed by atoms with Crippen molar-refractivity contribution in [3.63, 3.8) is 0 Å². The average molecular weight is 205 g/mol. The first-order valence-corrected chi connectivity index (χ1v) is 5.15. The molecule has 1 heterocycles. The molecule has 0 bridgehead atoms. The Kier molecular flexibility index (Phi) is 2.68. The summed E-state index contributed by atoms with van der Waals surface area (Å²) < 4.78 is 0. The highest BCUT2D eigenvalue weighted by molar-refractivity contribution is 5.94. The molecule has 1 aliphatic rings. The number of aryl methyl sites for hydroxylation is 1. The van der Waals surface area contributed by atoms with Crippen LogP contribution in [-0.2, 0) is 0 Å². The summed E-state index contributed by atoms with van der Waals surface area (Å²) >= 11 is 0. The SMILES string of the molecule is Cc1cncc(C(=O)N[C@H]2CC[C@@H]2N)c1. The van der Waals surface area contributed by atoms with Gasteiger partial charge in [0, 0.05) is 24.5 Å². The first-order valence-electron chi connectivity index (χ1n) is 5.15. The van der Waals surface area contributed by atoms with E-state index in [1.165, 1.54) is 0 Å². The van der Waals surface area contributed by atoms with E-state index in [1.807, 2.05) is 13.0 Å². The maximum absolute atomic E-state index is 11.7. The lowest BCUT2D eigenvalue weighted by Gasteiger charge is -2.34. The fourth-order valence-corrected chi connectivity index (χ4v) is 1.64. The quantitative estimate of drug-likeness (QED) is 0.743. The minimum atomic E-state index is -0.0775. The van der Waals surface area contributed by atoms with Crippen LogP contribution in [0.1, 0.15) is 28.8 Å². The Morgan fingerprint density at radius 3 is 2.87 bits per heavy atom. The number of hydrogen-bond donors (Lipinski definition) is 2. The van der Waals surface area contributed by atoms with Gasteiger partial charge in [-0.15, -0.1) is 0 Å². The van der Waals surface area contributed by atoms with Crippen LogP contribution in [0.25, 0.3) is 0 Å². The lowest BCUT2D eigenvalue weighted by Crippen LogP contribution is -2.54. The number of carbonyl (C=O) groups excluding carboxylic acids is 1. The highest BCUT2D eigenvalue weighted by Crippen LogP contribution is 2.17. The van der Waals surface area contributed by atoms with Crippen LogP contribution in [0, 0.1) is 6.92 Å². The summed E-state index contributed by atoms with van der Waals surface area (Å²) in [6, 6.07) is 2.08. The number of hydrogen-bond acceptors (Lipinski definition) is 3. The fraction of sp³-hybridized carbons (Fsp3) is 0.455. The number of carbonyl (C=O) groups is 1. The number of pyridine rings is 1. The second-order valence-electron chi connectivity index (χ2n) is 4.07. The third-order valence-corrected chi connectivity index (χ3v) is 2.78. The van der Waals surface area contributed by atoms with Crippen LogP contribution < -0.4 is 11.1 Å². The lowest BCUT2D eigenvalue weighted by atomic mass is 9.87. The lowest BCUT2D eigenvalue weighted by molar-refractivity contribution is 0.0905. The molecule has 1 aromatic heterocycles. The number of nitrogens with zero attached hydrogens (tertiary/aromatic N) is 1. The molecule has 0 aliphatic heterocycles. The molecular weight excluding hydrogens is 190 g/mol. The molecule has 0 radical (unpaired) electrons. The zero-order valence-corrected chi connectivity index (χ0v) is 8.73. The van der Waals surface area contributed by atoms with Gasteiger partial charge in [0.1, 0.15) is 0 Å². The summed E-state index contributed by atoms with van der Waals surface area (Å²) in [6.07, 6.45) is 5.28. The maximum atomic E-state index is 11.7. The van der Waals surface area contributed by atoms with Crippen LogP contribution in [-0.4, -0.2) is 23.0 Å². The van der Waals surface area contributed by atoms with Crippen molar-refractivity contribution < 1.29 is 4.79 Å². The van der Waals surface area contributed by atoms with E-state index in [4.69, 9.17) is 5.73 Å². The number of nitrogens with one attached hydrogen (secondary N) is 1. The predicted molar refractivity (Wildman–Crippen MR) is 57.4 cm³/mol. The summed E-state index contributed by atoms with van der Waals surface area (Å²) in [5, 5.41) is 2.91. The summed E-state index contributed by atoms with van der Waals surface area (Å²) in [6.45, 7) is 1.92. The van der Waals surface area contributed by atoms with Crippen LogP contribution in [0.4, 0.5) is 0 Å². The molecule has 2 atom stereocenters. The highest BCUT2D eigenvalue weighted by Gasteiger charge is 2.28. The minimum absolute atomic E-state index is 0.0775. The summed E-state index contributed by atoms with van der Waals surface area (Å²) in [7, 11) is 0. The van der Waals surface area contributed by atoms with E-state index >= 15 is 0 Å². The van der Waals surface area contributed by atoms with Gasteiger partial charge in [0.05, 0.1) is 5.56 Å². The van der Waals surface area contributed by atoms with Gasteiger partial charge in [-0.05, 0) is 31.4 Å². The third-order valence-electron chi connectivity index (χ3n) is 2.78. The molecule has 15 heavy (non-hydrogen) atoms. The molecule has 1 saturated carbocycles. The number of rotatable bonds is 2. The van der Waals surface area contributed by atoms with Crippen LogP contribution in [0.2, 0.25) is 0 Å². The Balaban J connectivity index is 2.01. The molecule has 4 heteroatoms. The first-order chi connectivity index (χ1) is 7.16. The molecule has 1 fully saturated rings. The molecule has 3 N–H and O–H groups in total. The van der Waals surface area contributed by atoms with E-state index in [0.717, 1.165) is 18.4 Å². The molecule has 0 saturated heterocycles. The molecule has 2 rings (SSSR count). The number of nitrogens with two attached hydrogens (primary N) is 1. The standard InChI is InChI=1S/C11H15N3O/c1-7-4-8(6-13-5-7)11(15)14-10-3-2-9(10)12/h4-6,9-10H,2-3,12H2,1H3,(H,14,15)/t9-,10-/m0/s1. The Morgan fingerprint density at radius 2 is 2.33 bits per heavy atom. The fourth-order valence-electron chi connectivity index (χ4n) is 1.64. The third kappa shape index (κ3) is 2.15. The van der Waals surface area contributed by atoms with Crippen molar-refractivity contribution in [3.8, 4) is 0 Å². The summed E-state index contributed by atoms with van der Waals surface area (Å²) in [5.41, 5.74) is 7.34. The molecule has 1 amide bonds. The molecule has 80 valence electrons. The Morgan fingerprint density at radius 1 is 1.53 bits per heavy atom. The highest BCUT2D eigenvalue weighted by atomic mass is 16.1. The van der Waals surface area contributed by atoms with Gasteiger partial charge in [0.2, 0.25) is 0 Å². The van der Waals surface area contributed by atoms with Crippen LogP contribution in [0.3, 0.4) is 0 Å². The molecule has 1 aromatic rings. The molecule has 4 nitrogen and oxygen atoms in total. The predicted octanol–water partition coefficient (Wildman–Crippen LogP) is 0.610. The molecule has 0 unspecified atom stereocenters. The molecule has 0 spiro atoms. The second kappa shape index (κ2) is 3.98. The Hall–Kier alpha value is -1.42. The van der Waals surface area contributed by atoms with Gasteiger partial charge in [-0.3, -0.25) is 9.78 Å². The minimum Gasteiger partial charge on any atom is -0.348 e. The molecular formula is C11H15N3O. The second-order valence-corrected chi connectivity index (χ2v) is 4.07. The van der Waals surface area contributed by atoms with E-state index < -0.39 is 0 Å². The molecule has 1 aliphatic carbocycles. The van der Waals surface area contributed by atoms with Gasteiger partial charge in [-0.25, -0.2) is 0 Å². The smallest absolute Gasteiger partial charge is 0.253 e. The van der Waals surface area contributed by atoms with E-state index in [2.05, 4.69) is 10.3 Å². The van der Waals surface area contributed by atoms with Crippen molar-refractivity contribution >= 4 is 5.91 Å². The van der Waals surface area contributed by atoms with Gasteiger partial charge in [0.15, 0.2) is 0 Å². The van der Waals surface area contributed by atoms with Crippen molar-refractivity contribution in [1.82, 2.24) is 10.3 Å². The van der Waals surface area contributed by atoms with Crippen molar-refractivity contribution in [2.45, 2.75) is 31.8 Å². The van der Waals surface area contributed by atoms with Gasteiger partial charge < -0.3 is 11.1 Å². The summed E-state index contributed by atoms with van der Waals surface area (Å²) in [4.78, 5) is 15.7. The van der Waals surface area contributed by atoms with Crippen LogP contribution in [0.15, 0.2) is 18.5 Å². The van der Waals surface area contributed by atoms with Crippen LogP contribution >= 0.6 is 0 Å². The van der Waals surface area contributed by atoms with Crippen molar-refractivity contribution in [1.29, 1.82) is 0 Å². The largest absolute Gasteiger partial charge is 0.348 e.